The van der Waals surface area contributed by atoms with E-state index in [2.05, 4.69) is 0 Å². The van der Waals surface area contributed by atoms with Gasteiger partial charge in [0.2, 0.25) is 16.8 Å². The summed E-state index contributed by atoms with van der Waals surface area (Å²) < 4.78 is 37.5. The van der Waals surface area contributed by atoms with Crippen molar-refractivity contribution in [2.75, 3.05) is 33.0 Å². The van der Waals surface area contributed by atoms with E-state index in [0.717, 1.165) is 0 Å². The second-order valence-corrected chi connectivity index (χ2v) is 8.57. The maximum atomic E-state index is 12.8. The number of carbonyl (C=O) groups is 1. The molecule has 2 aliphatic rings. The van der Waals surface area contributed by atoms with Crippen LogP contribution in [0.5, 0.6) is 11.5 Å². The predicted molar refractivity (Wildman–Crippen MR) is 91.5 cm³/mol. The monoisotopic (exact) mass is 380 g/mol. The first-order chi connectivity index (χ1) is 12.1. The molecule has 0 atom stereocenters. The van der Waals surface area contributed by atoms with Gasteiger partial charge in [0.15, 0.2) is 11.5 Å². The molecule has 0 spiro atoms. The van der Waals surface area contributed by atoms with Gasteiger partial charge in [-0.05, 0) is 23.6 Å². The van der Waals surface area contributed by atoms with Crippen molar-refractivity contribution >= 4 is 27.3 Å². The van der Waals surface area contributed by atoms with Crippen LogP contribution in [0.3, 0.4) is 0 Å². The van der Waals surface area contributed by atoms with Crippen LogP contribution in [0.4, 0.5) is 0 Å². The summed E-state index contributed by atoms with van der Waals surface area (Å²) in [5, 5.41) is 1.85. The Balaban J connectivity index is 1.47. The molecule has 4 rings (SSSR count). The normalized spacial score (nSPS) is 17.7. The Morgan fingerprint density at radius 1 is 1.04 bits per heavy atom. The Morgan fingerprint density at radius 3 is 2.52 bits per heavy atom. The minimum absolute atomic E-state index is 0.0462. The van der Waals surface area contributed by atoms with E-state index in [1.165, 1.54) is 27.8 Å². The molecule has 25 heavy (non-hydrogen) atoms. The Labute approximate surface area is 149 Å². The average molecular weight is 380 g/mol. The number of nitrogens with zero attached hydrogens (tertiary/aromatic N) is 2. The van der Waals surface area contributed by atoms with Gasteiger partial charge in [-0.1, -0.05) is 6.07 Å². The van der Waals surface area contributed by atoms with E-state index in [1.54, 1.807) is 17.0 Å². The standard InChI is InChI=1S/C16H16N2O5S2/c19-16(15-2-1-9-24-15)17-5-7-18(8-6-17)25(20,21)12-3-4-13-14(10-12)23-11-22-13/h1-4,9-10H,5-8,11H2. The highest BCUT2D eigenvalue weighted by Gasteiger charge is 2.31. The second kappa shape index (κ2) is 6.32. The van der Waals surface area contributed by atoms with Crippen LogP contribution in [0, 0.1) is 0 Å². The molecule has 1 saturated heterocycles. The topological polar surface area (TPSA) is 76.2 Å². The zero-order valence-corrected chi connectivity index (χ0v) is 14.9. The second-order valence-electron chi connectivity index (χ2n) is 5.69. The number of thiophene rings is 1. The van der Waals surface area contributed by atoms with Gasteiger partial charge in [-0.15, -0.1) is 11.3 Å². The third kappa shape index (κ3) is 2.99. The van der Waals surface area contributed by atoms with Crippen molar-refractivity contribution in [2.24, 2.45) is 0 Å². The first-order valence-electron chi connectivity index (χ1n) is 7.78. The molecular formula is C16H16N2O5S2. The third-order valence-corrected chi connectivity index (χ3v) is 6.99. The van der Waals surface area contributed by atoms with E-state index >= 15 is 0 Å². The zero-order valence-electron chi connectivity index (χ0n) is 13.3. The van der Waals surface area contributed by atoms with Gasteiger partial charge < -0.3 is 14.4 Å². The summed E-state index contributed by atoms with van der Waals surface area (Å²) >= 11 is 1.39. The molecule has 0 N–H and O–H groups in total. The molecule has 0 aliphatic carbocycles. The summed E-state index contributed by atoms with van der Waals surface area (Å²) in [4.78, 5) is 14.9. The first kappa shape index (κ1) is 16.4. The molecule has 1 aromatic heterocycles. The van der Waals surface area contributed by atoms with Crippen molar-refractivity contribution in [2.45, 2.75) is 4.90 Å². The fourth-order valence-corrected chi connectivity index (χ4v) is 5.00. The highest BCUT2D eigenvalue weighted by Crippen LogP contribution is 2.34. The molecular weight excluding hydrogens is 364 g/mol. The number of amides is 1. The molecule has 1 amide bonds. The Hall–Kier alpha value is -2.10. The number of carbonyl (C=O) groups excluding carboxylic acids is 1. The lowest BCUT2D eigenvalue weighted by Gasteiger charge is -2.33. The number of rotatable bonds is 3. The van der Waals surface area contributed by atoms with Crippen molar-refractivity contribution in [3.8, 4) is 11.5 Å². The third-order valence-electron chi connectivity index (χ3n) is 4.24. The van der Waals surface area contributed by atoms with Crippen LogP contribution in [-0.4, -0.2) is 56.5 Å². The fraction of sp³-hybridized carbons (Fsp3) is 0.312. The molecule has 2 aliphatic heterocycles. The average Bonchev–Trinajstić information content (AvgIpc) is 3.32. The molecule has 0 saturated carbocycles. The van der Waals surface area contributed by atoms with Gasteiger partial charge in [-0.25, -0.2) is 8.42 Å². The van der Waals surface area contributed by atoms with Gasteiger partial charge in [0.05, 0.1) is 9.77 Å². The van der Waals surface area contributed by atoms with Crippen LogP contribution >= 0.6 is 11.3 Å². The summed E-state index contributed by atoms with van der Waals surface area (Å²) in [5.41, 5.74) is 0. The van der Waals surface area contributed by atoms with Crippen LogP contribution in [0.25, 0.3) is 0 Å². The van der Waals surface area contributed by atoms with Crippen molar-refractivity contribution < 1.29 is 22.7 Å². The van der Waals surface area contributed by atoms with Gasteiger partial charge in [-0.2, -0.15) is 4.31 Å². The largest absolute Gasteiger partial charge is 0.454 e. The van der Waals surface area contributed by atoms with E-state index < -0.39 is 10.0 Å². The summed E-state index contributed by atoms with van der Waals surface area (Å²) in [7, 11) is -3.62. The Bertz CT molecular complexity index is 887. The van der Waals surface area contributed by atoms with Crippen molar-refractivity contribution in [1.29, 1.82) is 0 Å². The summed E-state index contributed by atoms with van der Waals surface area (Å²) in [6, 6.07) is 8.22. The van der Waals surface area contributed by atoms with Gasteiger partial charge in [-0.3, -0.25) is 4.79 Å². The zero-order chi connectivity index (χ0) is 17.4. The lowest BCUT2D eigenvalue weighted by atomic mass is 10.3. The smallest absolute Gasteiger partial charge is 0.264 e. The minimum atomic E-state index is -3.62. The van der Waals surface area contributed by atoms with E-state index in [0.29, 0.717) is 29.5 Å². The lowest BCUT2D eigenvalue weighted by Crippen LogP contribution is -2.50. The van der Waals surface area contributed by atoms with Gasteiger partial charge in [0.1, 0.15) is 0 Å². The van der Waals surface area contributed by atoms with Crippen LogP contribution in [-0.2, 0) is 10.0 Å². The minimum Gasteiger partial charge on any atom is -0.454 e. The quantitative estimate of drug-likeness (QED) is 0.809. The summed E-state index contributed by atoms with van der Waals surface area (Å²) in [6.45, 7) is 1.39. The molecule has 0 radical (unpaired) electrons. The fourth-order valence-electron chi connectivity index (χ4n) is 2.87. The van der Waals surface area contributed by atoms with Crippen LogP contribution in [0.1, 0.15) is 9.67 Å². The molecule has 3 heterocycles. The molecule has 9 heteroatoms. The highest BCUT2D eigenvalue weighted by molar-refractivity contribution is 7.89. The Morgan fingerprint density at radius 2 is 1.80 bits per heavy atom. The number of hydrogen-bond acceptors (Lipinski definition) is 6. The van der Waals surface area contributed by atoms with Gasteiger partial charge >= 0.3 is 0 Å². The summed E-state index contributed by atoms with van der Waals surface area (Å²) in [6.07, 6.45) is 0. The maximum absolute atomic E-state index is 12.8. The maximum Gasteiger partial charge on any atom is 0.264 e. The van der Waals surface area contributed by atoms with E-state index in [4.69, 9.17) is 9.47 Å². The molecule has 1 fully saturated rings. The van der Waals surface area contributed by atoms with Gasteiger partial charge in [0, 0.05) is 32.2 Å². The van der Waals surface area contributed by atoms with E-state index in [9.17, 15) is 13.2 Å². The number of hydrogen-bond donors (Lipinski definition) is 0. The Kier molecular flexibility index (Phi) is 4.14. The molecule has 0 unspecified atom stereocenters. The van der Waals surface area contributed by atoms with Crippen molar-refractivity contribution in [1.82, 2.24) is 9.21 Å². The van der Waals surface area contributed by atoms with Crippen LogP contribution in [0.2, 0.25) is 0 Å². The number of benzene rings is 1. The number of piperazine rings is 1. The van der Waals surface area contributed by atoms with E-state index in [1.807, 2.05) is 11.4 Å². The molecule has 132 valence electrons. The van der Waals surface area contributed by atoms with Crippen molar-refractivity contribution in [3.63, 3.8) is 0 Å². The number of sulfonamides is 1. The van der Waals surface area contributed by atoms with Crippen molar-refractivity contribution in [3.05, 3.63) is 40.6 Å². The molecule has 0 bridgehead atoms. The molecule has 1 aromatic carbocycles. The predicted octanol–water partition coefficient (Wildman–Crippen LogP) is 1.62. The van der Waals surface area contributed by atoms with Crippen LogP contribution < -0.4 is 9.47 Å². The van der Waals surface area contributed by atoms with E-state index in [-0.39, 0.29) is 30.7 Å². The number of fused-ring (bicyclic) bond motifs is 1. The molecule has 7 nitrogen and oxygen atoms in total. The lowest BCUT2D eigenvalue weighted by molar-refractivity contribution is 0.0703. The number of ether oxygens (including phenoxy) is 2. The highest BCUT2D eigenvalue weighted by atomic mass is 32.2. The first-order valence-corrected chi connectivity index (χ1v) is 10.1. The SMILES string of the molecule is O=C(c1cccs1)N1CCN(S(=O)(=O)c2ccc3c(c2)OCO3)CC1. The molecule has 2 aromatic rings. The van der Waals surface area contributed by atoms with Gasteiger partial charge in [0.25, 0.3) is 5.91 Å². The summed E-state index contributed by atoms with van der Waals surface area (Å²) in [5.74, 6) is 0.938. The van der Waals surface area contributed by atoms with Crippen LogP contribution in [0.15, 0.2) is 40.6 Å².